The quantitative estimate of drug-likeness (QED) is 0.916. The van der Waals surface area contributed by atoms with Crippen LogP contribution in [0.15, 0.2) is 48.5 Å². The minimum Gasteiger partial charge on any atom is -0.478 e. The Kier molecular flexibility index (Phi) is 4.77. The molecular formula is C20H23NO2. The molecule has 0 saturated carbocycles. The second kappa shape index (κ2) is 6.97. The smallest absolute Gasteiger partial charge is 0.336 e. The third-order valence-corrected chi connectivity index (χ3v) is 4.57. The van der Waals surface area contributed by atoms with Crippen molar-refractivity contribution in [1.82, 2.24) is 4.90 Å². The Balaban J connectivity index is 1.76. The number of carbonyl (C=O) groups is 1. The van der Waals surface area contributed by atoms with E-state index in [0.717, 1.165) is 23.6 Å². The Labute approximate surface area is 137 Å². The molecule has 0 amide bonds. The lowest BCUT2D eigenvalue weighted by Crippen LogP contribution is -2.33. The number of hydrogen-bond donors (Lipinski definition) is 1. The van der Waals surface area contributed by atoms with Crippen LogP contribution in [0.5, 0.6) is 0 Å². The van der Waals surface area contributed by atoms with Crippen molar-refractivity contribution in [2.24, 2.45) is 5.92 Å². The Morgan fingerprint density at radius 1 is 1.17 bits per heavy atom. The van der Waals surface area contributed by atoms with Gasteiger partial charge in [-0.3, -0.25) is 4.90 Å². The zero-order valence-corrected chi connectivity index (χ0v) is 13.5. The number of hydrogen-bond acceptors (Lipinski definition) is 2. The summed E-state index contributed by atoms with van der Waals surface area (Å²) in [6.45, 7) is 5.64. The summed E-state index contributed by atoms with van der Waals surface area (Å²) in [5, 5.41) is 9.32. The van der Waals surface area contributed by atoms with E-state index in [1.807, 2.05) is 24.3 Å². The summed E-state index contributed by atoms with van der Waals surface area (Å²) in [5.41, 5.74) is 3.37. The van der Waals surface area contributed by atoms with Gasteiger partial charge in [-0.15, -0.1) is 0 Å². The molecule has 0 aliphatic carbocycles. The average molecular weight is 309 g/mol. The largest absolute Gasteiger partial charge is 0.478 e. The third kappa shape index (κ3) is 3.80. The first-order valence-electron chi connectivity index (χ1n) is 8.27. The molecule has 0 bridgehead atoms. The molecule has 0 aromatic heterocycles. The van der Waals surface area contributed by atoms with Crippen LogP contribution in [0.3, 0.4) is 0 Å². The van der Waals surface area contributed by atoms with Gasteiger partial charge in [0, 0.05) is 13.1 Å². The number of carboxylic acid groups (broad SMARTS) is 1. The van der Waals surface area contributed by atoms with Gasteiger partial charge in [-0.2, -0.15) is 0 Å². The van der Waals surface area contributed by atoms with Crippen LogP contribution < -0.4 is 0 Å². The first-order valence-corrected chi connectivity index (χ1v) is 8.27. The Bertz CT molecular complexity index is 678. The van der Waals surface area contributed by atoms with E-state index in [9.17, 15) is 9.90 Å². The zero-order chi connectivity index (χ0) is 16.2. The van der Waals surface area contributed by atoms with Crippen molar-refractivity contribution in [3.8, 4) is 11.1 Å². The monoisotopic (exact) mass is 309 g/mol. The van der Waals surface area contributed by atoms with E-state index in [1.165, 1.54) is 31.5 Å². The van der Waals surface area contributed by atoms with Gasteiger partial charge in [0.2, 0.25) is 0 Å². The van der Waals surface area contributed by atoms with Crippen LogP contribution in [0.25, 0.3) is 11.1 Å². The predicted octanol–water partition coefficient (Wildman–Crippen LogP) is 4.28. The molecule has 2 aromatic rings. The molecule has 3 rings (SSSR count). The van der Waals surface area contributed by atoms with Gasteiger partial charge in [0.15, 0.2) is 0 Å². The van der Waals surface area contributed by atoms with Gasteiger partial charge in [-0.25, -0.2) is 4.79 Å². The SMILES string of the molecule is C[C@@H]1CCCN(Cc2ccc(-c3ccccc3C(=O)O)cc2)C1. The van der Waals surface area contributed by atoms with Gasteiger partial charge in [0.25, 0.3) is 0 Å². The van der Waals surface area contributed by atoms with E-state index < -0.39 is 5.97 Å². The van der Waals surface area contributed by atoms with Crippen molar-refractivity contribution in [1.29, 1.82) is 0 Å². The zero-order valence-electron chi connectivity index (χ0n) is 13.5. The number of aromatic carboxylic acids is 1. The maximum absolute atomic E-state index is 11.3. The van der Waals surface area contributed by atoms with Crippen LogP contribution in [-0.4, -0.2) is 29.1 Å². The first-order chi connectivity index (χ1) is 11.1. The second-order valence-corrected chi connectivity index (χ2v) is 6.53. The Hall–Kier alpha value is -2.13. The minimum absolute atomic E-state index is 0.352. The third-order valence-electron chi connectivity index (χ3n) is 4.57. The van der Waals surface area contributed by atoms with Crippen molar-refractivity contribution in [2.45, 2.75) is 26.3 Å². The number of rotatable bonds is 4. The van der Waals surface area contributed by atoms with Crippen molar-refractivity contribution in [3.63, 3.8) is 0 Å². The summed E-state index contributed by atoms with van der Waals surface area (Å²) < 4.78 is 0. The van der Waals surface area contributed by atoms with Crippen LogP contribution in [-0.2, 0) is 6.54 Å². The standard InChI is InChI=1S/C20H23NO2/c1-15-5-4-12-21(13-15)14-16-8-10-17(11-9-16)18-6-2-3-7-19(18)20(22)23/h2-3,6-11,15H,4-5,12-14H2,1H3,(H,22,23)/t15-/m1/s1. The fourth-order valence-corrected chi connectivity index (χ4v) is 3.40. The van der Waals surface area contributed by atoms with Gasteiger partial charge < -0.3 is 5.11 Å². The highest BCUT2D eigenvalue weighted by Crippen LogP contribution is 2.25. The number of benzene rings is 2. The molecule has 1 saturated heterocycles. The van der Waals surface area contributed by atoms with E-state index in [4.69, 9.17) is 0 Å². The molecule has 1 N–H and O–H groups in total. The molecule has 1 atom stereocenters. The van der Waals surface area contributed by atoms with E-state index in [1.54, 1.807) is 12.1 Å². The van der Waals surface area contributed by atoms with Crippen molar-refractivity contribution in [3.05, 3.63) is 59.7 Å². The van der Waals surface area contributed by atoms with Gasteiger partial charge in [0.05, 0.1) is 5.56 Å². The number of piperidine rings is 1. The highest BCUT2D eigenvalue weighted by molar-refractivity contribution is 5.95. The molecular weight excluding hydrogens is 286 g/mol. The summed E-state index contributed by atoms with van der Waals surface area (Å²) in [6, 6.07) is 15.5. The fourth-order valence-electron chi connectivity index (χ4n) is 3.40. The molecule has 23 heavy (non-hydrogen) atoms. The van der Waals surface area contributed by atoms with Crippen LogP contribution in [0.1, 0.15) is 35.7 Å². The van der Waals surface area contributed by atoms with Crippen LogP contribution in [0.4, 0.5) is 0 Å². The van der Waals surface area contributed by atoms with Crippen LogP contribution >= 0.6 is 0 Å². The van der Waals surface area contributed by atoms with E-state index >= 15 is 0 Å². The molecule has 1 aliphatic heterocycles. The van der Waals surface area contributed by atoms with E-state index in [-0.39, 0.29) is 0 Å². The van der Waals surface area contributed by atoms with Crippen molar-refractivity contribution < 1.29 is 9.90 Å². The number of nitrogens with zero attached hydrogens (tertiary/aromatic N) is 1. The summed E-state index contributed by atoms with van der Waals surface area (Å²) in [7, 11) is 0. The molecule has 1 heterocycles. The Morgan fingerprint density at radius 2 is 1.91 bits per heavy atom. The lowest BCUT2D eigenvalue weighted by atomic mass is 9.97. The summed E-state index contributed by atoms with van der Waals surface area (Å²) >= 11 is 0. The molecule has 1 fully saturated rings. The molecule has 3 heteroatoms. The first kappa shape index (κ1) is 15.8. The predicted molar refractivity (Wildman–Crippen MR) is 92.5 cm³/mol. The van der Waals surface area contributed by atoms with Gasteiger partial charge >= 0.3 is 5.97 Å². The highest BCUT2D eigenvalue weighted by Gasteiger charge is 2.16. The molecule has 1 aliphatic rings. The number of likely N-dealkylation sites (tertiary alicyclic amines) is 1. The topological polar surface area (TPSA) is 40.5 Å². The fraction of sp³-hybridized carbons (Fsp3) is 0.350. The average Bonchev–Trinajstić information content (AvgIpc) is 2.55. The molecule has 0 spiro atoms. The van der Waals surface area contributed by atoms with Crippen molar-refractivity contribution >= 4 is 5.97 Å². The molecule has 120 valence electrons. The maximum Gasteiger partial charge on any atom is 0.336 e. The van der Waals surface area contributed by atoms with Crippen LogP contribution in [0, 0.1) is 5.92 Å². The van der Waals surface area contributed by atoms with Gasteiger partial charge in [0.1, 0.15) is 0 Å². The Morgan fingerprint density at radius 3 is 2.61 bits per heavy atom. The molecule has 0 unspecified atom stereocenters. The van der Waals surface area contributed by atoms with Crippen LogP contribution in [0.2, 0.25) is 0 Å². The maximum atomic E-state index is 11.3. The normalized spacial score (nSPS) is 18.7. The molecule has 2 aromatic carbocycles. The lowest BCUT2D eigenvalue weighted by molar-refractivity contribution is 0.0697. The molecule has 3 nitrogen and oxygen atoms in total. The lowest BCUT2D eigenvalue weighted by Gasteiger charge is -2.30. The summed E-state index contributed by atoms with van der Waals surface area (Å²) in [5.74, 6) is -0.0996. The second-order valence-electron chi connectivity index (χ2n) is 6.53. The van der Waals surface area contributed by atoms with Crippen molar-refractivity contribution in [2.75, 3.05) is 13.1 Å². The minimum atomic E-state index is -0.882. The van der Waals surface area contributed by atoms with Gasteiger partial charge in [-0.1, -0.05) is 49.4 Å². The summed E-state index contributed by atoms with van der Waals surface area (Å²) in [4.78, 5) is 13.9. The highest BCUT2D eigenvalue weighted by atomic mass is 16.4. The molecule has 0 radical (unpaired) electrons. The number of carboxylic acids is 1. The van der Waals surface area contributed by atoms with E-state index in [0.29, 0.717) is 5.56 Å². The van der Waals surface area contributed by atoms with Gasteiger partial charge in [-0.05, 0) is 48.1 Å². The van der Waals surface area contributed by atoms with E-state index in [2.05, 4.69) is 24.0 Å². The summed E-state index contributed by atoms with van der Waals surface area (Å²) in [6.07, 6.45) is 2.62.